The monoisotopic (exact) mass is 254 g/mol. The minimum Gasteiger partial charge on any atom is -0.322 e. The molecule has 2 N–H and O–H groups in total. The summed E-state index contributed by atoms with van der Waals surface area (Å²) < 4.78 is 0. The van der Waals surface area contributed by atoms with Crippen molar-refractivity contribution in [1.82, 2.24) is 5.32 Å². The normalized spacial score (nSPS) is 11.9. The van der Waals surface area contributed by atoms with Crippen molar-refractivity contribution in [2.45, 2.75) is 13.0 Å². The average molecular weight is 254 g/mol. The van der Waals surface area contributed by atoms with Gasteiger partial charge in [-0.25, -0.2) is 0 Å². The quantitative estimate of drug-likeness (QED) is 0.879. The molecule has 0 aliphatic carbocycles. The molecule has 0 aromatic heterocycles. The molecule has 0 aliphatic heterocycles. The third-order valence-electron chi connectivity index (χ3n) is 3.11. The summed E-state index contributed by atoms with van der Waals surface area (Å²) >= 11 is 0. The second-order valence-corrected chi connectivity index (χ2v) is 4.46. The lowest BCUT2D eigenvalue weighted by atomic mass is 10.1. The van der Waals surface area contributed by atoms with Gasteiger partial charge in [-0.1, -0.05) is 30.3 Å². The maximum atomic E-state index is 12.0. The molecule has 1 amide bonds. The van der Waals surface area contributed by atoms with E-state index in [1.54, 1.807) is 12.1 Å². The predicted octanol–water partition coefficient (Wildman–Crippen LogP) is 3.22. The second-order valence-electron chi connectivity index (χ2n) is 4.46. The van der Waals surface area contributed by atoms with Crippen LogP contribution in [0.5, 0.6) is 0 Å². The van der Waals surface area contributed by atoms with E-state index in [0.29, 0.717) is 5.56 Å². The second kappa shape index (κ2) is 6.16. The Morgan fingerprint density at radius 1 is 1.05 bits per heavy atom. The maximum Gasteiger partial charge on any atom is 0.255 e. The van der Waals surface area contributed by atoms with Crippen LogP contribution in [0.3, 0.4) is 0 Å². The van der Waals surface area contributed by atoms with Crippen LogP contribution in [0, 0.1) is 0 Å². The van der Waals surface area contributed by atoms with Gasteiger partial charge in [0.05, 0.1) is 0 Å². The molecule has 0 bridgehead atoms. The molecule has 0 saturated carbocycles. The molecular formula is C16H18N2O. The molecule has 0 aliphatic rings. The Kier molecular flexibility index (Phi) is 4.31. The molecule has 98 valence electrons. The van der Waals surface area contributed by atoms with Gasteiger partial charge in [0.15, 0.2) is 0 Å². The molecule has 19 heavy (non-hydrogen) atoms. The highest BCUT2D eigenvalue weighted by molar-refractivity contribution is 6.04. The van der Waals surface area contributed by atoms with Crippen LogP contribution in [0.4, 0.5) is 5.69 Å². The van der Waals surface area contributed by atoms with Crippen molar-refractivity contribution >= 4 is 11.6 Å². The topological polar surface area (TPSA) is 41.1 Å². The number of hydrogen-bond acceptors (Lipinski definition) is 2. The molecule has 0 spiro atoms. The Hall–Kier alpha value is -2.13. The Morgan fingerprint density at radius 3 is 2.47 bits per heavy atom. The first-order chi connectivity index (χ1) is 9.20. The molecule has 0 heterocycles. The van der Waals surface area contributed by atoms with Gasteiger partial charge in [0.1, 0.15) is 0 Å². The van der Waals surface area contributed by atoms with Crippen LogP contribution in [0.15, 0.2) is 54.6 Å². The summed E-state index contributed by atoms with van der Waals surface area (Å²) in [7, 11) is 1.92. The fourth-order valence-electron chi connectivity index (χ4n) is 1.85. The zero-order chi connectivity index (χ0) is 13.7. The Bertz CT molecular complexity index is 552. The predicted molar refractivity (Wildman–Crippen MR) is 78.3 cm³/mol. The van der Waals surface area contributed by atoms with Gasteiger partial charge in [-0.15, -0.1) is 0 Å². The lowest BCUT2D eigenvalue weighted by Crippen LogP contribution is -2.14. The summed E-state index contributed by atoms with van der Waals surface area (Å²) in [5.74, 6) is -0.0881. The van der Waals surface area contributed by atoms with E-state index in [1.165, 1.54) is 0 Å². The van der Waals surface area contributed by atoms with Gasteiger partial charge in [0.2, 0.25) is 0 Å². The summed E-state index contributed by atoms with van der Waals surface area (Å²) in [5.41, 5.74) is 2.62. The number of nitrogens with one attached hydrogen (secondary N) is 2. The van der Waals surface area contributed by atoms with Crippen molar-refractivity contribution in [2.75, 3.05) is 12.4 Å². The Morgan fingerprint density at radius 2 is 1.79 bits per heavy atom. The van der Waals surface area contributed by atoms with E-state index in [-0.39, 0.29) is 11.9 Å². The fraction of sp³-hybridized carbons (Fsp3) is 0.188. The summed E-state index contributed by atoms with van der Waals surface area (Å²) in [6.07, 6.45) is 0. The molecule has 0 unspecified atom stereocenters. The van der Waals surface area contributed by atoms with Gasteiger partial charge in [-0.3, -0.25) is 4.79 Å². The van der Waals surface area contributed by atoms with Crippen molar-refractivity contribution < 1.29 is 4.79 Å². The summed E-state index contributed by atoms with van der Waals surface area (Å²) in [5, 5.41) is 6.09. The molecule has 3 nitrogen and oxygen atoms in total. The molecule has 1 atom stereocenters. The molecular weight excluding hydrogens is 236 g/mol. The smallest absolute Gasteiger partial charge is 0.255 e. The number of hydrogen-bond donors (Lipinski definition) is 2. The third kappa shape index (κ3) is 3.42. The van der Waals surface area contributed by atoms with Crippen molar-refractivity contribution in [1.29, 1.82) is 0 Å². The first-order valence-corrected chi connectivity index (χ1v) is 6.34. The summed E-state index contributed by atoms with van der Waals surface area (Å²) in [6, 6.07) is 17.3. The summed E-state index contributed by atoms with van der Waals surface area (Å²) in [4.78, 5) is 12.0. The van der Waals surface area contributed by atoms with Gasteiger partial charge in [-0.2, -0.15) is 0 Å². The van der Waals surface area contributed by atoms with E-state index >= 15 is 0 Å². The highest BCUT2D eigenvalue weighted by Crippen LogP contribution is 2.17. The average Bonchev–Trinajstić information content (AvgIpc) is 2.47. The standard InChI is InChI=1S/C16H18N2O/c1-12(17-2)14-9-6-10-15(11-14)18-16(19)13-7-4-3-5-8-13/h3-12,17H,1-2H3,(H,18,19)/t12-/m1/s1. The van der Waals surface area contributed by atoms with E-state index in [1.807, 2.05) is 49.5 Å². The lowest BCUT2D eigenvalue weighted by molar-refractivity contribution is 0.102. The fourth-order valence-corrected chi connectivity index (χ4v) is 1.85. The highest BCUT2D eigenvalue weighted by Gasteiger charge is 2.07. The number of benzene rings is 2. The zero-order valence-corrected chi connectivity index (χ0v) is 11.2. The Labute approximate surface area is 113 Å². The van der Waals surface area contributed by atoms with Crippen molar-refractivity contribution in [2.24, 2.45) is 0 Å². The number of anilines is 1. The van der Waals surface area contributed by atoms with E-state index in [2.05, 4.69) is 17.6 Å². The van der Waals surface area contributed by atoms with Crippen molar-refractivity contribution in [3.8, 4) is 0 Å². The first-order valence-electron chi connectivity index (χ1n) is 6.34. The van der Waals surface area contributed by atoms with Crippen LogP contribution in [-0.2, 0) is 0 Å². The number of carbonyl (C=O) groups is 1. The minimum absolute atomic E-state index is 0.0881. The lowest BCUT2D eigenvalue weighted by Gasteiger charge is -2.12. The van der Waals surface area contributed by atoms with Crippen LogP contribution in [0.25, 0.3) is 0 Å². The van der Waals surface area contributed by atoms with E-state index in [0.717, 1.165) is 11.3 Å². The molecule has 0 saturated heterocycles. The molecule has 2 aromatic carbocycles. The van der Waals surface area contributed by atoms with Gasteiger partial charge in [0.25, 0.3) is 5.91 Å². The van der Waals surface area contributed by atoms with Gasteiger partial charge in [0, 0.05) is 17.3 Å². The van der Waals surface area contributed by atoms with Crippen LogP contribution in [0.1, 0.15) is 28.9 Å². The van der Waals surface area contributed by atoms with Gasteiger partial charge < -0.3 is 10.6 Å². The first kappa shape index (κ1) is 13.3. The largest absolute Gasteiger partial charge is 0.322 e. The van der Waals surface area contributed by atoms with Crippen LogP contribution >= 0.6 is 0 Å². The maximum absolute atomic E-state index is 12.0. The number of amides is 1. The molecule has 0 radical (unpaired) electrons. The number of rotatable bonds is 4. The van der Waals surface area contributed by atoms with E-state index in [9.17, 15) is 4.79 Å². The molecule has 3 heteroatoms. The van der Waals surface area contributed by atoms with Gasteiger partial charge in [-0.05, 0) is 43.8 Å². The Balaban J connectivity index is 2.13. The number of carbonyl (C=O) groups excluding carboxylic acids is 1. The molecule has 2 rings (SSSR count). The van der Waals surface area contributed by atoms with Gasteiger partial charge >= 0.3 is 0 Å². The molecule has 0 fully saturated rings. The third-order valence-corrected chi connectivity index (χ3v) is 3.11. The molecule has 2 aromatic rings. The SMILES string of the molecule is CN[C@H](C)c1cccc(NC(=O)c2ccccc2)c1. The van der Waals surface area contributed by atoms with Crippen LogP contribution in [0.2, 0.25) is 0 Å². The van der Waals surface area contributed by atoms with Crippen molar-refractivity contribution in [3.63, 3.8) is 0 Å². The zero-order valence-electron chi connectivity index (χ0n) is 11.2. The van der Waals surface area contributed by atoms with E-state index in [4.69, 9.17) is 0 Å². The van der Waals surface area contributed by atoms with Crippen molar-refractivity contribution in [3.05, 3.63) is 65.7 Å². The van der Waals surface area contributed by atoms with Crippen LogP contribution < -0.4 is 10.6 Å². The van der Waals surface area contributed by atoms with E-state index < -0.39 is 0 Å². The van der Waals surface area contributed by atoms with Crippen LogP contribution in [-0.4, -0.2) is 13.0 Å². The highest BCUT2D eigenvalue weighted by atomic mass is 16.1. The summed E-state index contributed by atoms with van der Waals surface area (Å²) in [6.45, 7) is 2.08. The minimum atomic E-state index is -0.0881.